The minimum absolute atomic E-state index is 0.0423. The van der Waals surface area contributed by atoms with Gasteiger partial charge in [0.1, 0.15) is 0 Å². The van der Waals surface area contributed by atoms with E-state index in [9.17, 15) is 9.59 Å². The maximum atomic E-state index is 12.0. The Balaban J connectivity index is 3.16. The minimum Gasteiger partial charge on any atom is -0.468 e. The zero-order chi connectivity index (χ0) is 13.9. The van der Waals surface area contributed by atoms with Gasteiger partial charge in [-0.2, -0.15) is 0 Å². The van der Waals surface area contributed by atoms with Crippen molar-refractivity contribution < 1.29 is 19.1 Å². The zero-order valence-electron chi connectivity index (χ0n) is 11.2. The van der Waals surface area contributed by atoms with E-state index in [2.05, 4.69) is 13.2 Å². The van der Waals surface area contributed by atoms with Crippen LogP contribution in [-0.2, 0) is 19.1 Å². The number of ether oxygens (including phenoxy) is 2. The lowest BCUT2D eigenvalue weighted by atomic mass is 9.84. The molecule has 0 radical (unpaired) electrons. The molecule has 0 aliphatic heterocycles. The second kappa shape index (κ2) is 5.38. The molecule has 1 fully saturated rings. The van der Waals surface area contributed by atoms with Gasteiger partial charge in [-0.1, -0.05) is 18.2 Å². The van der Waals surface area contributed by atoms with Gasteiger partial charge in [0.25, 0.3) is 0 Å². The van der Waals surface area contributed by atoms with Gasteiger partial charge in [0.05, 0.1) is 14.2 Å². The van der Waals surface area contributed by atoms with E-state index in [1.165, 1.54) is 14.2 Å². The van der Waals surface area contributed by atoms with Crippen LogP contribution in [0.25, 0.3) is 0 Å². The van der Waals surface area contributed by atoms with Crippen molar-refractivity contribution >= 4 is 11.9 Å². The summed E-state index contributed by atoms with van der Waals surface area (Å²) >= 11 is 0. The summed E-state index contributed by atoms with van der Waals surface area (Å²) in [4.78, 5) is 24.0. The molecule has 0 heterocycles. The van der Waals surface area contributed by atoms with Crippen molar-refractivity contribution in [3.05, 3.63) is 24.8 Å². The van der Waals surface area contributed by atoms with Crippen molar-refractivity contribution in [3.63, 3.8) is 0 Å². The summed E-state index contributed by atoms with van der Waals surface area (Å²) in [6, 6.07) is 0. The predicted molar refractivity (Wildman–Crippen MR) is 67.7 cm³/mol. The summed E-state index contributed by atoms with van der Waals surface area (Å²) in [6.45, 7) is 9.58. The normalized spacial score (nSPS) is 25.3. The molecule has 1 saturated carbocycles. The van der Waals surface area contributed by atoms with Crippen LogP contribution in [-0.4, -0.2) is 26.2 Å². The summed E-state index contributed by atoms with van der Waals surface area (Å²) in [6.07, 6.45) is 2.51. The van der Waals surface area contributed by atoms with Crippen molar-refractivity contribution in [2.45, 2.75) is 19.8 Å². The van der Waals surface area contributed by atoms with E-state index < -0.39 is 17.4 Å². The fourth-order valence-corrected chi connectivity index (χ4v) is 2.75. The highest BCUT2D eigenvalue weighted by Crippen LogP contribution is 2.50. The van der Waals surface area contributed by atoms with E-state index >= 15 is 0 Å². The first-order valence-corrected chi connectivity index (χ1v) is 5.87. The summed E-state index contributed by atoms with van der Waals surface area (Å²) in [5.74, 6) is -0.976. The Kier molecular flexibility index (Phi) is 4.33. The Morgan fingerprint density at radius 3 is 2.00 bits per heavy atom. The smallest absolute Gasteiger partial charge is 0.323 e. The van der Waals surface area contributed by atoms with Gasteiger partial charge in [0.2, 0.25) is 0 Å². The van der Waals surface area contributed by atoms with E-state index in [0.717, 1.165) is 5.57 Å². The molecule has 0 saturated heterocycles. The second-order valence-electron chi connectivity index (χ2n) is 4.83. The predicted octanol–water partition coefficient (Wildman–Crippen LogP) is 2.11. The molecule has 4 heteroatoms. The van der Waals surface area contributed by atoms with Crippen molar-refractivity contribution in [2.75, 3.05) is 14.2 Å². The van der Waals surface area contributed by atoms with Crippen LogP contribution >= 0.6 is 0 Å². The van der Waals surface area contributed by atoms with Crippen LogP contribution in [0.1, 0.15) is 19.8 Å². The number of rotatable bonds is 4. The Morgan fingerprint density at radius 1 is 1.22 bits per heavy atom. The van der Waals surface area contributed by atoms with Crippen molar-refractivity contribution in [1.82, 2.24) is 0 Å². The highest BCUT2D eigenvalue weighted by molar-refractivity contribution is 6.00. The lowest BCUT2D eigenvalue weighted by molar-refractivity contribution is -0.168. The summed E-state index contributed by atoms with van der Waals surface area (Å²) < 4.78 is 9.56. The van der Waals surface area contributed by atoms with Crippen LogP contribution < -0.4 is 0 Å². The number of methoxy groups -OCH3 is 2. The fraction of sp³-hybridized carbons (Fsp3) is 0.571. The number of esters is 2. The number of hydrogen-bond donors (Lipinski definition) is 0. The van der Waals surface area contributed by atoms with Crippen LogP contribution in [0.3, 0.4) is 0 Å². The summed E-state index contributed by atoms with van der Waals surface area (Å²) in [5.41, 5.74) is -0.277. The number of carbonyl (C=O) groups excluding carboxylic acids is 2. The molecule has 0 aromatic rings. The van der Waals surface area contributed by atoms with Gasteiger partial charge >= 0.3 is 11.9 Å². The monoisotopic (exact) mass is 252 g/mol. The molecule has 18 heavy (non-hydrogen) atoms. The number of hydrogen-bond acceptors (Lipinski definition) is 4. The van der Waals surface area contributed by atoms with E-state index in [0.29, 0.717) is 12.8 Å². The number of carbonyl (C=O) groups is 2. The zero-order valence-corrected chi connectivity index (χ0v) is 11.2. The van der Waals surface area contributed by atoms with E-state index in [1.807, 2.05) is 6.92 Å². The van der Waals surface area contributed by atoms with Crippen LogP contribution in [0.2, 0.25) is 0 Å². The topological polar surface area (TPSA) is 52.6 Å². The lowest BCUT2D eigenvalue weighted by Crippen LogP contribution is -2.39. The highest BCUT2D eigenvalue weighted by atomic mass is 16.5. The molecule has 100 valence electrons. The fourth-order valence-electron chi connectivity index (χ4n) is 2.75. The SMILES string of the molecule is C=C[C@@H]1CC(C(=O)OC)(C(=O)OC)C[C@H]1C(=C)C. The second-order valence-corrected chi connectivity index (χ2v) is 4.83. The largest absolute Gasteiger partial charge is 0.468 e. The van der Waals surface area contributed by atoms with Crippen molar-refractivity contribution in [1.29, 1.82) is 0 Å². The van der Waals surface area contributed by atoms with Gasteiger partial charge in [-0.3, -0.25) is 9.59 Å². The van der Waals surface area contributed by atoms with Crippen LogP contribution in [0, 0.1) is 17.3 Å². The third kappa shape index (κ3) is 2.19. The molecule has 0 bridgehead atoms. The molecule has 0 amide bonds. The molecule has 1 aliphatic carbocycles. The van der Waals surface area contributed by atoms with Crippen molar-refractivity contribution in [3.8, 4) is 0 Å². The molecule has 0 unspecified atom stereocenters. The molecule has 0 spiro atoms. The molecule has 1 aliphatic rings. The first-order valence-electron chi connectivity index (χ1n) is 5.87. The van der Waals surface area contributed by atoms with Crippen LogP contribution in [0.4, 0.5) is 0 Å². The molecule has 0 aromatic heterocycles. The summed E-state index contributed by atoms with van der Waals surface area (Å²) in [5, 5.41) is 0. The quantitative estimate of drug-likeness (QED) is 0.437. The number of allylic oxidation sites excluding steroid dienone is 2. The van der Waals surface area contributed by atoms with Gasteiger partial charge in [-0.15, -0.1) is 6.58 Å². The first kappa shape index (κ1) is 14.5. The molecule has 1 rings (SSSR count). The van der Waals surface area contributed by atoms with Crippen LogP contribution in [0.5, 0.6) is 0 Å². The lowest BCUT2D eigenvalue weighted by Gasteiger charge is -2.23. The molecular formula is C14H20O4. The van der Waals surface area contributed by atoms with Gasteiger partial charge in [-0.25, -0.2) is 0 Å². The van der Waals surface area contributed by atoms with Crippen molar-refractivity contribution in [2.24, 2.45) is 17.3 Å². The Hall–Kier alpha value is -1.58. The van der Waals surface area contributed by atoms with Gasteiger partial charge in [0, 0.05) is 0 Å². The molecule has 4 nitrogen and oxygen atoms in total. The average molecular weight is 252 g/mol. The maximum absolute atomic E-state index is 12.0. The third-order valence-corrected chi connectivity index (χ3v) is 3.76. The van der Waals surface area contributed by atoms with Gasteiger partial charge < -0.3 is 9.47 Å². The van der Waals surface area contributed by atoms with E-state index in [4.69, 9.17) is 9.47 Å². The van der Waals surface area contributed by atoms with Crippen LogP contribution in [0.15, 0.2) is 24.8 Å². The third-order valence-electron chi connectivity index (χ3n) is 3.76. The molecule has 0 aromatic carbocycles. The Morgan fingerprint density at radius 2 is 1.72 bits per heavy atom. The van der Waals surface area contributed by atoms with Gasteiger partial charge in [0.15, 0.2) is 5.41 Å². The molecule has 0 N–H and O–H groups in total. The van der Waals surface area contributed by atoms with E-state index in [1.54, 1.807) is 6.08 Å². The van der Waals surface area contributed by atoms with E-state index in [-0.39, 0.29) is 11.8 Å². The maximum Gasteiger partial charge on any atom is 0.323 e. The Labute approximate surface area is 108 Å². The standard InChI is InChI=1S/C14H20O4/c1-6-10-7-14(12(15)17-4,13(16)18-5)8-11(10)9(2)3/h6,10-11H,1-2,7-8H2,3-5H3/t10-,11+/m1/s1. The average Bonchev–Trinajstić information content (AvgIpc) is 2.77. The molecular weight excluding hydrogens is 232 g/mol. The van der Waals surface area contributed by atoms with Gasteiger partial charge in [-0.05, 0) is 31.6 Å². The minimum atomic E-state index is -1.22. The molecule has 2 atom stereocenters. The highest BCUT2D eigenvalue weighted by Gasteiger charge is 2.56. The Bertz CT molecular complexity index is 367. The summed E-state index contributed by atoms with van der Waals surface area (Å²) in [7, 11) is 2.56. The first-order chi connectivity index (χ1) is 8.42.